The van der Waals surface area contributed by atoms with Gasteiger partial charge in [-0.2, -0.15) is 4.90 Å². The first-order chi connectivity index (χ1) is 25.6. The molecule has 0 spiro atoms. The molecular formula is C39H49N5O9S. The lowest BCUT2D eigenvalue weighted by Gasteiger charge is -2.28. The summed E-state index contributed by atoms with van der Waals surface area (Å²) in [6, 6.07) is 13.6. The highest BCUT2D eigenvalue weighted by atomic mass is 32.2. The van der Waals surface area contributed by atoms with Gasteiger partial charge in [0.1, 0.15) is 22.5 Å². The molecule has 0 aliphatic carbocycles. The van der Waals surface area contributed by atoms with Crippen LogP contribution in [-0.4, -0.2) is 75.8 Å². The number of imide groups is 1. The van der Waals surface area contributed by atoms with Gasteiger partial charge in [0.25, 0.3) is 0 Å². The number of amides is 3. The minimum Gasteiger partial charge on any atom is -0.444 e. The van der Waals surface area contributed by atoms with E-state index in [4.69, 9.17) is 21.5 Å². The lowest BCUT2D eigenvalue weighted by Crippen LogP contribution is -2.44. The molecule has 0 aliphatic rings. The molecule has 0 saturated carbocycles. The zero-order valence-corrected chi connectivity index (χ0v) is 33.5. The van der Waals surface area contributed by atoms with Crippen molar-refractivity contribution in [2.75, 3.05) is 11.9 Å². The minimum atomic E-state index is -3.57. The average molecular weight is 766 g/mol. The number of anilines is 1. The van der Waals surface area contributed by atoms with E-state index in [1.807, 2.05) is 0 Å². The smallest absolute Gasteiger partial charge is 0.425 e. The number of hydrogen-bond donors (Lipinski definition) is 0. The van der Waals surface area contributed by atoms with Gasteiger partial charge in [-0.1, -0.05) is 41.6 Å². The fourth-order valence-electron chi connectivity index (χ4n) is 4.61. The van der Waals surface area contributed by atoms with Gasteiger partial charge in [0.05, 0.1) is 24.8 Å². The number of rotatable bonds is 8. The topological polar surface area (TPSA) is 171 Å². The van der Waals surface area contributed by atoms with Crippen LogP contribution in [0.3, 0.4) is 0 Å². The number of benzene rings is 2. The van der Waals surface area contributed by atoms with E-state index in [-0.39, 0.29) is 39.1 Å². The summed E-state index contributed by atoms with van der Waals surface area (Å²) in [6.07, 6.45) is -1.69. The Hall–Kier alpha value is -5.31. The first-order valence-electron chi connectivity index (χ1n) is 18.1. The van der Waals surface area contributed by atoms with E-state index in [2.05, 4.69) is 15.1 Å². The fourth-order valence-corrected chi connectivity index (χ4v) is 5.67. The summed E-state index contributed by atoms with van der Waals surface area (Å²) in [5.74, 6) is -0.324. The van der Waals surface area contributed by atoms with Crippen LogP contribution >= 0.6 is 0 Å². The third-order valence-corrected chi connectivity index (χ3v) is 9.28. The van der Waals surface area contributed by atoms with Gasteiger partial charge in [-0.15, -0.1) is 0 Å². The summed E-state index contributed by atoms with van der Waals surface area (Å²) in [5, 5.41) is 3.52. The summed E-state index contributed by atoms with van der Waals surface area (Å²) in [7, 11) is -2.26. The largest absolute Gasteiger partial charge is 0.444 e. The molecule has 0 saturated heterocycles. The van der Waals surface area contributed by atoms with Crippen LogP contribution in [0.15, 0.2) is 70.2 Å². The van der Waals surface area contributed by atoms with Gasteiger partial charge >= 0.3 is 18.3 Å². The van der Waals surface area contributed by atoms with E-state index in [0.29, 0.717) is 16.0 Å². The minimum absolute atomic E-state index is 0.00592. The maximum absolute atomic E-state index is 13.8. The quantitative estimate of drug-likeness (QED) is 0.157. The molecule has 4 rings (SSSR count). The SMILES string of the molecule is [2H]C([2H])(c1ccc(-c2cc(-c3ncc(-c4ccc(S(=O)(=O)C(C)C)cc4)nc3N(C(=O)OC(C)(C)C)C(=O)OC(C)(C)C)on2)cc1)N(C)C(=O)OC(C)(C)C. The van der Waals surface area contributed by atoms with E-state index < -0.39 is 56.7 Å². The van der Waals surface area contributed by atoms with Gasteiger partial charge in [0, 0.05) is 30.7 Å². The van der Waals surface area contributed by atoms with Crippen molar-refractivity contribution in [1.82, 2.24) is 20.0 Å². The second-order valence-corrected chi connectivity index (χ2v) is 18.2. The number of nitrogens with zero attached hydrogens (tertiary/aromatic N) is 5. The predicted octanol–water partition coefficient (Wildman–Crippen LogP) is 8.69. The average Bonchev–Trinajstić information content (AvgIpc) is 3.56. The molecule has 0 unspecified atom stereocenters. The number of aromatic nitrogens is 3. The monoisotopic (exact) mass is 765 g/mol. The Kier molecular flexibility index (Phi) is 11.1. The Morgan fingerprint density at radius 3 is 1.76 bits per heavy atom. The molecule has 2 heterocycles. The molecule has 290 valence electrons. The van der Waals surface area contributed by atoms with Gasteiger partial charge in [0.15, 0.2) is 27.1 Å². The Balaban J connectivity index is 1.82. The van der Waals surface area contributed by atoms with Crippen LogP contribution in [0.2, 0.25) is 0 Å². The first kappa shape index (κ1) is 38.4. The molecule has 0 atom stereocenters. The first-order valence-corrected chi connectivity index (χ1v) is 18.7. The molecule has 14 nitrogen and oxygen atoms in total. The highest BCUT2D eigenvalue weighted by Crippen LogP contribution is 2.35. The predicted molar refractivity (Wildman–Crippen MR) is 203 cm³/mol. The van der Waals surface area contributed by atoms with Crippen LogP contribution < -0.4 is 4.90 Å². The van der Waals surface area contributed by atoms with Gasteiger partial charge in [0.2, 0.25) is 0 Å². The van der Waals surface area contributed by atoms with Crippen molar-refractivity contribution < 1.29 is 44.3 Å². The van der Waals surface area contributed by atoms with Gasteiger partial charge in [-0.25, -0.2) is 32.8 Å². The molecule has 0 bridgehead atoms. The highest BCUT2D eigenvalue weighted by Gasteiger charge is 2.37. The van der Waals surface area contributed by atoms with Gasteiger partial charge in [-0.05, 0) is 93.9 Å². The van der Waals surface area contributed by atoms with E-state index in [1.165, 1.54) is 55.7 Å². The van der Waals surface area contributed by atoms with E-state index in [1.54, 1.807) is 88.3 Å². The van der Waals surface area contributed by atoms with Crippen LogP contribution in [0.25, 0.3) is 34.0 Å². The fraction of sp³-hybridized carbons (Fsp3) is 0.436. The highest BCUT2D eigenvalue weighted by molar-refractivity contribution is 7.92. The van der Waals surface area contributed by atoms with Crippen molar-refractivity contribution in [2.45, 2.75) is 110 Å². The normalized spacial score (nSPS) is 13.1. The molecule has 4 aromatic rings. The Morgan fingerprint density at radius 2 is 1.26 bits per heavy atom. The summed E-state index contributed by atoms with van der Waals surface area (Å²) >= 11 is 0. The number of sulfone groups is 1. The third-order valence-electron chi connectivity index (χ3n) is 7.11. The zero-order valence-electron chi connectivity index (χ0n) is 34.7. The summed E-state index contributed by atoms with van der Waals surface area (Å²) in [5.41, 5.74) is -1.43. The second-order valence-electron chi connectivity index (χ2n) is 15.6. The van der Waals surface area contributed by atoms with E-state index in [0.717, 1.165) is 4.90 Å². The van der Waals surface area contributed by atoms with Crippen LogP contribution in [-0.2, 0) is 30.5 Å². The molecule has 0 fully saturated rings. The molecule has 15 heteroatoms. The van der Waals surface area contributed by atoms with Crippen LogP contribution in [0, 0.1) is 0 Å². The van der Waals surface area contributed by atoms with Crippen molar-refractivity contribution >= 4 is 33.9 Å². The van der Waals surface area contributed by atoms with Crippen molar-refractivity contribution in [1.29, 1.82) is 0 Å². The lowest BCUT2D eigenvalue weighted by molar-refractivity contribution is 0.0283. The summed E-state index contributed by atoms with van der Waals surface area (Å²) in [6.45, 7) is 15.8. The van der Waals surface area contributed by atoms with E-state index >= 15 is 0 Å². The lowest BCUT2D eigenvalue weighted by atomic mass is 10.1. The van der Waals surface area contributed by atoms with Crippen molar-refractivity contribution in [3.05, 3.63) is 66.4 Å². The standard InChI is InChI=1S/C39H49N5O9S/c1-24(2)54(48,49)28-19-17-27(18-20-28)30-22-40-32(33(41-30)44(35(46)51-38(6,7)8)36(47)52-39(9,10)11)31-21-29(42-53-31)26-15-13-25(14-16-26)23-43(12)34(45)50-37(3,4)5/h13-22,24H,23H2,1-12H3/i23D2. The van der Waals surface area contributed by atoms with Gasteiger partial charge < -0.3 is 23.6 Å². The molecule has 0 aliphatic heterocycles. The molecule has 0 N–H and O–H groups in total. The molecule has 0 radical (unpaired) electrons. The maximum atomic E-state index is 13.8. The third kappa shape index (κ3) is 10.6. The summed E-state index contributed by atoms with van der Waals surface area (Å²) < 4.78 is 65.0. The number of carbonyl (C=O) groups is 3. The number of ether oxygens (including phenoxy) is 3. The number of hydrogen-bond acceptors (Lipinski definition) is 12. The van der Waals surface area contributed by atoms with Crippen LogP contribution in [0.4, 0.5) is 20.2 Å². The number of carbonyl (C=O) groups excluding carboxylic acids is 3. The van der Waals surface area contributed by atoms with Crippen molar-refractivity contribution in [3.8, 4) is 34.0 Å². The Labute approximate surface area is 319 Å². The second kappa shape index (κ2) is 15.6. The maximum Gasteiger partial charge on any atom is 0.425 e. The zero-order chi connectivity index (χ0) is 42.2. The van der Waals surface area contributed by atoms with Gasteiger partial charge in [-0.3, -0.25) is 0 Å². The van der Waals surface area contributed by atoms with Crippen LogP contribution in [0.1, 0.15) is 84.5 Å². The van der Waals surface area contributed by atoms with Crippen molar-refractivity contribution in [3.63, 3.8) is 0 Å². The molecule has 54 heavy (non-hydrogen) atoms. The molecule has 3 amide bonds. The van der Waals surface area contributed by atoms with Crippen LogP contribution in [0.5, 0.6) is 0 Å². The van der Waals surface area contributed by atoms with E-state index in [9.17, 15) is 22.8 Å². The van der Waals surface area contributed by atoms with Crippen molar-refractivity contribution in [2.24, 2.45) is 0 Å². The summed E-state index contributed by atoms with van der Waals surface area (Å²) in [4.78, 5) is 51.0. The molecule has 2 aromatic carbocycles. The Bertz CT molecular complexity index is 2160. The Morgan fingerprint density at radius 1 is 0.778 bits per heavy atom. The molecule has 2 aromatic heterocycles. The molecular weight excluding hydrogens is 715 g/mol.